The molecule has 0 aliphatic rings. The lowest BCUT2D eigenvalue weighted by Crippen LogP contribution is -2.21. The minimum Gasteiger partial charge on any atom is -0.329 e. The van der Waals surface area contributed by atoms with Gasteiger partial charge in [0.25, 0.3) is 0 Å². The first kappa shape index (κ1) is 14.9. The molecule has 20 heavy (non-hydrogen) atoms. The van der Waals surface area contributed by atoms with Crippen LogP contribution in [0.1, 0.15) is 30.3 Å². The van der Waals surface area contributed by atoms with E-state index in [9.17, 15) is 4.21 Å². The number of nitrogens with two attached hydrogens (primary N) is 1. The molecule has 0 radical (unpaired) electrons. The first-order valence-electron chi connectivity index (χ1n) is 6.69. The summed E-state index contributed by atoms with van der Waals surface area (Å²) in [4.78, 5) is 4.20. The molecule has 2 aromatic rings. The van der Waals surface area contributed by atoms with E-state index in [0.29, 0.717) is 5.75 Å². The molecule has 5 heteroatoms. The number of imidazole rings is 1. The summed E-state index contributed by atoms with van der Waals surface area (Å²) in [7, 11) is -0.829. The Labute approximate surface area is 122 Å². The maximum Gasteiger partial charge on any atom is 0.0951 e. The highest BCUT2D eigenvalue weighted by atomic mass is 32.2. The molecular formula is C15H21N3OS. The van der Waals surface area contributed by atoms with Gasteiger partial charge in [-0.2, -0.15) is 0 Å². The van der Waals surface area contributed by atoms with Crippen LogP contribution < -0.4 is 5.73 Å². The molecule has 4 nitrogen and oxygen atoms in total. The predicted octanol–water partition coefficient (Wildman–Crippen LogP) is 2.07. The molecule has 0 saturated heterocycles. The van der Waals surface area contributed by atoms with Crippen molar-refractivity contribution >= 4 is 10.8 Å². The fraction of sp³-hybridized carbons (Fsp3) is 0.400. The van der Waals surface area contributed by atoms with Crippen LogP contribution >= 0.6 is 0 Å². The molecule has 1 aromatic heterocycles. The second kappa shape index (κ2) is 6.81. The van der Waals surface area contributed by atoms with Crippen LogP contribution in [-0.4, -0.2) is 25.8 Å². The van der Waals surface area contributed by atoms with Gasteiger partial charge in [-0.15, -0.1) is 0 Å². The molecule has 108 valence electrons. The van der Waals surface area contributed by atoms with E-state index in [1.165, 1.54) is 5.56 Å². The Morgan fingerprint density at radius 2 is 2.05 bits per heavy atom. The average Bonchev–Trinajstić information content (AvgIpc) is 2.88. The summed E-state index contributed by atoms with van der Waals surface area (Å²) < 4.78 is 13.4. The van der Waals surface area contributed by atoms with E-state index in [-0.39, 0.29) is 12.1 Å². The van der Waals surface area contributed by atoms with Gasteiger partial charge in [0.2, 0.25) is 0 Å². The summed E-state index contributed by atoms with van der Waals surface area (Å²) in [5, 5.41) is 0. The van der Waals surface area contributed by atoms with Crippen LogP contribution in [0.25, 0.3) is 0 Å². The molecule has 0 spiro atoms. The fourth-order valence-electron chi connectivity index (χ4n) is 2.36. The van der Waals surface area contributed by atoms with Crippen LogP contribution in [0.15, 0.2) is 42.9 Å². The molecule has 2 N–H and O–H groups in total. The van der Waals surface area contributed by atoms with Gasteiger partial charge < -0.3 is 10.3 Å². The van der Waals surface area contributed by atoms with Crippen LogP contribution in [0, 0.1) is 0 Å². The summed E-state index contributed by atoms with van der Waals surface area (Å²) in [6, 6.07) is 10.2. The summed E-state index contributed by atoms with van der Waals surface area (Å²) in [6.45, 7) is 2.04. The zero-order valence-electron chi connectivity index (χ0n) is 11.9. The molecule has 0 bridgehead atoms. The molecule has 2 unspecified atom stereocenters. The maximum atomic E-state index is 11.4. The molecule has 1 aromatic carbocycles. The second-order valence-electron chi connectivity index (χ2n) is 5.11. The molecule has 0 fully saturated rings. The topological polar surface area (TPSA) is 60.9 Å². The normalized spacial score (nSPS) is 15.8. The van der Waals surface area contributed by atoms with Gasteiger partial charge in [-0.3, -0.25) is 4.21 Å². The highest BCUT2D eigenvalue weighted by Gasteiger charge is 2.16. The van der Waals surface area contributed by atoms with Gasteiger partial charge >= 0.3 is 0 Å². The van der Waals surface area contributed by atoms with E-state index in [1.807, 2.05) is 35.9 Å². The van der Waals surface area contributed by atoms with Crippen molar-refractivity contribution in [2.24, 2.45) is 5.73 Å². The van der Waals surface area contributed by atoms with Crippen molar-refractivity contribution in [1.29, 1.82) is 0 Å². The Morgan fingerprint density at radius 1 is 1.35 bits per heavy atom. The highest BCUT2D eigenvalue weighted by molar-refractivity contribution is 7.84. The highest BCUT2D eigenvalue weighted by Crippen LogP contribution is 2.19. The average molecular weight is 291 g/mol. The van der Waals surface area contributed by atoms with Gasteiger partial charge in [0.1, 0.15) is 0 Å². The van der Waals surface area contributed by atoms with Crippen molar-refractivity contribution in [3.8, 4) is 0 Å². The van der Waals surface area contributed by atoms with Crippen molar-refractivity contribution < 1.29 is 4.21 Å². The van der Waals surface area contributed by atoms with Gasteiger partial charge in [-0.25, -0.2) is 4.98 Å². The lowest BCUT2D eigenvalue weighted by atomic mass is 10.0. The zero-order valence-corrected chi connectivity index (χ0v) is 12.7. The molecule has 0 aliphatic heterocycles. The standard InChI is InChI=1S/C15H21N3OS/c1-12(10-20(2)19)18-11-17-9-15(18)14(16)8-13-6-4-3-5-7-13/h3-7,9,11-12,14H,8,10,16H2,1-2H3/t12?,14-,20?/m1/s1. The van der Waals surface area contributed by atoms with Crippen LogP contribution in [0.4, 0.5) is 0 Å². The Balaban J connectivity index is 2.13. The Kier molecular flexibility index (Phi) is 5.09. The van der Waals surface area contributed by atoms with E-state index in [4.69, 9.17) is 5.73 Å². The minimum absolute atomic E-state index is 0.104. The summed E-state index contributed by atoms with van der Waals surface area (Å²) >= 11 is 0. The monoisotopic (exact) mass is 291 g/mol. The van der Waals surface area contributed by atoms with Crippen molar-refractivity contribution in [2.45, 2.75) is 25.4 Å². The number of benzene rings is 1. The molecule has 0 aliphatic carbocycles. The van der Waals surface area contributed by atoms with Crippen molar-refractivity contribution in [1.82, 2.24) is 9.55 Å². The van der Waals surface area contributed by atoms with Crippen LogP contribution in [0.3, 0.4) is 0 Å². The van der Waals surface area contributed by atoms with Crippen molar-refractivity contribution in [3.63, 3.8) is 0 Å². The van der Waals surface area contributed by atoms with Gasteiger partial charge in [0, 0.05) is 35.0 Å². The molecular weight excluding hydrogens is 270 g/mol. The van der Waals surface area contributed by atoms with Gasteiger partial charge in [0.15, 0.2) is 0 Å². The summed E-state index contributed by atoms with van der Waals surface area (Å²) in [5.74, 6) is 0.613. The first-order valence-corrected chi connectivity index (χ1v) is 8.42. The fourth-order valence-corrected chi connectivity index (χ4v) is 3.20. The number of nitrogens with zero attached hydrogens (tertiary/aromatic N) is 2. The predicted molar refractivity (Wildman–Crippen MR) is 82.9 cm³/mol. The Bertz CT molecular complexity index is 568. The van der Waals surface area contributed by atoms with Gasteiger partial charge in [-0.05, 0) is 18.9 Å². The van der Waals surface area contributed by atoms with Crippen molar-refractivity contribution in [3.05, 3.63) is 54.1 Å². The zero-order chi connectivity index (χ0) is 14.5. The lowest BCUT2D eigenvalue weighted by molar-refractivity contribution is 0.540. The van der Waals surface area contributed by atoms with E-state index in [1.54, 1.807) is 12.6 Å². The molecule has 0 amide bonds. The number of hydrogen-bond donors (Lipinski definition) is 1. The van der Waals surface area contributed by atoms with E-state index in [0.717, 1.165) is 12.1 Å². The molecule has 2 rings (SSSR count). The first-order chi connectivity index (χ1) is 9.58. The number of rotatable bonds is 6. The van der Waals surface area contributed by atoms with E-state index in [2.05, 4.69) is 17.1 Å². The van der Waals surface area contributed by atoms with Crippen molar-refractivity contribution in [2.75, 3.05) is 12.0 Å². The third-order valence-corrected chi connectivity index (χ3v) is 4.28. The van der Waals surface area contributed by atoms with Crippen LogP contribution in [-0.2, 0) is 17.2 Å². The van der Waals surface area contributed by atoms with E-state index >= 15 is 0 Å². The molecule has 0 saturated carbocycles. The van der Waals surface area contributed by atoms with Gasteiger partial charge in [0.05, 0.1) is 18.1 Å². The number of hydrogen-bond acceptors (Lipinski definition) is 3. The maximum absolute atomic E-state index is 11.4. The Morgan fingerprint density at radius 3 is 2.70 bits per heavy atom. The largest absolute Gasteiger partial charge is 0.329 e. The molecule has 1 heterocycles. The smallest absolute Gasteiger partial charge is 0.0951 e. The van der Waals surface area contributed by atoms with E-state index < -0.39 is 10.8 Å². The SMILES string of the molecule is CC(CS(C)=O)n1cncc1[C@H](N)Cc1ccccc1. The van der Waals surface area contributed by atoms with Gasteiger partial charge in [-0.1, -0.05) is 30.3 Å². The lowest BCUT2D eigenvalue weighted by Gasteiger charge is -2.19. The minimum atomic E-state index is -0.829. The summed E-state index contributed by atoms with van der Waals surface area (Å²) in [6.07, 6.45) is 6.08. The number of aromatic nitrogens is 2. The Hall–Kier alpha value is -1.46. The summed E-state index contributed by atoms with van der Waals surface area (Å²) in [5.41, 5.74) is 8.50. The quantitative estimate of drug-likeness (QED) is 0.886. The third kappa shape index (κ3) is 3.77. The van der Waals surface area contributed by atoms with Crippen LogP contribution in [0.5, 0.6) is 0 Å². The second-order valence-corrected chi connectivity index (χ2v) is 6.59. The molecule has 3 atom stereocenters. The third-order valence-electron chi connectivity index (χ3n) is 3.33. The van der Waals surface area contributed by atoms with Crippen LogP contribution in [0.2, 0.25) is 0 Å².